The number of carbonyl (C=O) groups excluding carboxylic acids is 1. The third kappa shape index (κ3) is 5.45. The minimum absolute atomic E-state index is 0.0996. The molecule has 1 aliphatic rings. The van der Waals surface area contributed by atoms with E-state index in [0.29, 0.717) is 28.8 Å². The molecule has 9 heteroatoms. The van der Waals surface area contributed by atoms with Gasteiger partial charge in [-0.25, -0.2) is 14.5 Å². The van der Waals surface area contributed by atoms with Gasteiger partial charge < -0.3 is 10.2 Å². The maximum absolute atomic E-state index is 13.0. The van der Waals surface area contributed by atoms with E-state index in [1.165, 1.54) is 31.0 Å². The molecule has 0 atom stereocenters. The minimum Gasteiger partial charge on any atom is -0.357 e. The van der Waals surface area contributed by atoms with Gasteiger partial charge in [-0.05, 0) is 62.4 Å². The quantitative estimate of drug-likeness (QED) is 0.388. The molecule has 3 aromatic heterocycles. The second-order valence-corrected chi connectivity index (χ2v) is 9.79. The first-order valence-electron chi connectivity index (χ1n) is 12.0. The fraction of sp³-hybridized carbons (Fsp3) is 0.346. The summed E-state index contributed by atoms with van der Waals surface area (Å²) in [6.07, 6.45) is 5.60. The first kappa shape index (κ1) is 23.3. The van der Waals surface area contributed by atoms with Crippen LogP contribution in [0.1, 0.15) is 52.1 Å². The van der Waals surface area contributed by atoms with Gasteiger partial charge in [0.05, 0.1) is 0 Å². The molecule has 180 valence electrons. The number of carbonyl (C=O) groups is 1. The highest BCUT2D eigenvalue weighted by atomic mass is 32.2. The van der Waals surface area contributed by atoms with Crippen molar-refractivity contribution in [3.05, 3.63) is 76.7 Å². The van der Waals surface area contributed by atoms with Crippen molar-refractivity contribution in [3.63, 3.8) is 0 Å². The van der Waals surface area contributed by atoms with Crippen molar-refractivity contribution in [1.29, 1.82) is 0 Å². The summed E-state index contributed by atoms with van der Waals surface area (Å²) in [5.74, 6) is 2.10. The number of anilines is 1. The third-order valence-electron chi connectivity index (χ3n) is 6.16. The molecule has 0 spiro atoms. The molecule has 0 aliphatic carbocycles. The number of nitrogens with zero attached hydrogens (tertiary/aromatic N) is 6. The molecule has 0 radical (unpaired) electrons. The van der Waals surface area contributed by atoms with Crippen molar-refractivity contribution < 1.29 is 4.79 Å². The average molecular weight is 488 g/mol. The first-order valence-corrected chi connectivity index (χ1v) is 13.0. The minimum atomic E-state index is -0.0996. The number of piperidine rings is 1. The second kappa shape index (κ2) is 10.4. The summed E-state index contributed by atoms with van der Waals surface area (Å²) >= 11 is 1.50. The zero-order chi connectivity index (χ0) is 24.2. The van der Waals surface area contributed by atoms with Crippen LogP contribution in [-0.4, -0.2) is 43.6 Å². The molecule has 0 unspecified atom stereocenters. The van der Waals surface area contributed by atoms with Gasteiger partial charge in [0, 0.05) is 48.5 Å². The maximum Gasteiger partial charge on any atom is 0.253 e. The molecule has 1 saturated heterocycles. The summed E-state index contributed by atoms with van der Waals surface area (Å²) in [6.45, 7) is 6.51. The third-order valence-corrected chi connectivity index (χ3v) is 7.05. The number of hydrogen-bond donors (Lipinski definition) is 1. The second-order valence-electron chi connectivity index (χ2n) is 8.85. The Balaban J connectivity index is 1.21. The van der Waals surface area contributed by atoms with Crippen molar-refractivity contribution in [3.8, 4) is 0 Å². The number of benzene rings is 1. The van der Waals surface area contributed by atoms with Crippen molar-refractivity contribution in [2.45, 2.75) is 50.6 Å². The smallest absolute Gasteiger partial charge is 0.253 e. The van der Waals surface area contributed by atoms with Gasteiger partial charge in [-0.3, -0.25) is 4.79 Å². The van der Waals surface area contributed by atoms with Gasteiger partial charge in [0.2, 0.25) is 5.16 Å². The van der Waals surface area contributed by atoms with Crippen LogP contribution in [0.3, 0.4) is 0 Å². The van der Waals surface area contributed by atoms with Crippen LogP contribution in [0.2, 0.25) is 0 Å². The van der Waals surface area contributed by atoms with Crippen molar-refractivity contribution in [1.82, 2.24) is 29.9 Å². The molecule has 1 amide bonds. The van der Waals surface area contributed by atoms with E-state index >= 15 is 0 Å². The van der Waals surface area contributed by atoms with E-state index in [2.05, 4.69) is 36.3 Å². The summed E-state index contributed by atoms with van der Waals surface area (Å²) in [5, 5.41) is 8.24. The Morgan fingerprint density at radius 3 is 2.69 bits per heavy atom. The Labute approximate surface area is 209 Å². The lowest BCUT2D eigenvalue weighted by molar-refractivity contribution is 0.0950. The summed E-state index contributed by atoms with van der Waals surface area (Å²) < 4.78 is 1.75. The Kier molecular flexibility index (Phi) is 6.94. The maximum atomic E-state index is 13.0. The highest BCUT2D eigenvalue weighted by Crippen LogP contribution is 2.23. The Bertz CT molecular complexity index is 1330. The lowest BCUT2D eigenvalue weighted by Gasteiger charge is -2.27. The Morgan fingerprint density at radius 1 is 1.06 bits per heavy atom. The molecule has 4 aromatic rings. The highest BCUT2D eigenvalue weighted by molar-refractivity contribution is 7.98. The molecule has 35 heavy (non-hydrogen) atoms. The van der Waals surface area contributed by atoms with Crippen LogP contribution >= 0.6 is 11.8 Å². The van der Waals surface area contributed by atoms with Crippen molar-refractivity contribution >= 4 is 29.3 Å². The van der Waals surface area contributed by atoms with Gasteiger partial charge in [-0.15, -0.1) is 5.10 Å². The normalized spacial score (nSPS) is 13.8. The van der Waals surface area contributed by atoms with Crippen LogP contribution in [0.5, 0.6) is 0 Å². The molecule has 1 N–H and O–H groups in total. The molecule has 5 rings (SSSR count). The van der Waals surface area contributed by atoms with Crippen LogP contribution in [0.15, 0.2) is 53.8 Å². The van der Waals surface area contributed by atoms with Gasteiger partial charge in [0.1, 0.15) is 5.82 Å². The first-order chi connectivity index (χ1) is 17.1. The topological polar surface area (TPSA) is 88.3 Å². The molecular formula is C26H29N7OS. The fourth-order valence-electron chi connectivity index (χ4n) is 4.33. The van der Waals surface area contributed by atoms with E-state index in [-0.39, 0.29) is 5.91 Å². The van der Waals surface area contributed by atoms with Crippen molar-refractivity contribution in [2.75, 3.05) is 18.0 Å². The molecule has 0 bridgehead atoms. The Hall–Kier alpha value is -3.46. The van der Waals surface area contributed by atoms with Crippen LogP contribution in [0.4, 0.5) is 5.82 Å². The zero-order valence-electron chi connectivity index (χ0n) is 20.1. The number of hydrogen-bond acceptors (Lipinski definition) is 7. The highest BCUT2D eigenvalue weighted by Gasteiger charge is 2.15. The molecule has 1 aromatic carbocycles. The molecular weight excluding hydrogens is 458 g/mol. The fourth-order valence-corrected chi connectivity index (χ4v) is 5.15. The van der Waals surface area contributed by atoms with Gasteiger partial charge >= 0.3 is 0 Å². The lowest BCUT2D eigenvalue weighted by atomic mass is 10.1. The standard InChI is InChI=1S/C26H29N7OS/c1-18-14-19(2)33-25(29-18)30-26(31-33)35-17-21-8-4-5-9-22(21)24(34)28-16-20-10-11-23(27-15-20)32-12-6-3-7-13-32/h4-5,8-11,14-15H,3,6-7,12-13,16-17H2,1-2H3,(H,28,34). The van der Waals surface area contributed by atoms with E-state index in [0.717, 1.165) is 41.4 Å². The summed E-state index contributed by atoms with van der Waals surface area (Å²) in [6, 6.07) is 13.7. The molecule has 1 fully saturated rings. The van der Waals surface area contributed by atoms with Gasteiger partial charge in [0.15, 0.2) is 0 Å². The van der Waals surface area contributed by atoms with Crippen LogP contribution in [0, 0.1) is 13.8 Å². The molecule has 0 saturated carbocycles. The van der Waals surface area contributed by atoms with Gasteiger partial charge in [-0.1, -0.05) is 36.0 Å². The number of pyridine rings is 1. The van der Waals surface area contributed by atoms with Crippen LogP contribution in [0.25, 0.3) is 5.78 Å². The summed E-state index contributed by atoms with van der Waals surface area (Å²) in [4.78, 5) is 28.9. The molecule has 4 heterocycles. The number of rotatable bonds is 7. The number of amides is 1. The van der Waals surface area contributed by atoms with Crippen molar-refractivity contribution in [2.24, 2.45) is 0 Å². The predicted molar refractivity (Wildman–Crippen MR) is 138 cm³/mol. The number of nitrogens with one attached hydrogen (secondary N) is 1. The summed E-state index contributed by atoms with van der Waals surface area (Å²) in [7, 11) is 0. The SMILES string of the molecule is Cc1cc(C)n2nc(SCc3ccccc3C(=O)NCc3ccc(N4CCCCC4)nc3)nc2n1. The van der Waals surface area contributed by atoms with Crippen LogP contribution in [-0.2, 0) is 12.3 Å². The number of aromatic nitrogens is 5. The zero-order valence-corrected chi connectivity index (χ0v) is 20.9. The number of thioether (sulfide) groups is 1. The van der Waals surface area contributed by atoms with Crippen LogP contribution < -0.4 is 10.2 Å². The lowest BCUT2D eigenvalue weighted by Crippen LogP contribution is -2.30. The number of aryl methyl sites for hydroxylation is 2. The van der Waals surface area contributed by atoms with E-state index in [1.807, 2.05) is 56.4 Å². The van der Waals surface area contributed by atoms with E-state index < -0.39 is 0 Å². The van der Waals surface area contributed by atoms with E-state index in [1.54, 1.807) is 4.52 Å². The predicted octanol–water partition coefficient (Wildman–Crippen LogP) is 4.35. The van der Waals surface area contributed by atoms with E-state index in [4.69, 9.17) is 0 Å². The van der Waals surface area contributed by atoms with Gasteiger partial charge in [0.25, 0.3) is 11.7 Å². The van der Waals surface area contributed by atoms with E-state index in [9.17, 15) is 4.79 Å². The Morgan fingerprint density at radius 2 is 1.89 bits per heavy atom. The molecule has 1 aliphatic heterocycles. The van der Waals surface area contributed by atoms with Gasteiger partial charge in [-0.2, -0.15) is 4.98 Å². The average Bonchev–Trinajstić information content (AvgIpc) is 3.30. The number of fused-ring (bicyclic) bond motifs is 1. The summed E-state index contributed by atoms with van der Waals surface area (Å²) in [5.41, 5.74) is 4.49. The molecule has 8 nitrogen and oxygen atoms in total. The largest absolute Gasteiger partial charge is 0.357 e. The monoisotopic (exact) mass is 487 g/mol.